The summed E-state index contributed by atoms with van der Waals surface area (Å²) in [5.41, 5.74) is 7.46. The van der Waals surface area contributed by atoms with E-state index in [1.54, 1.807) is 6.08 Å². The van der Waals surface area contributed by atoms with Gasteiger partial charge < -0.3 is 5.32 Å². The number of carbonyl (C=O) groups excluding carboxylic acids is 1. The number of amides is 1. The summed E-state index contributed by atoms with van der Waals surface area (Å²) in [5, 5.41) is 6.12. The van der Waals surface area contributed by atoms with Gasteiger partial charge in [-0.2, -0.15) is 5.11 Å². The third kappa shape index (κ3) is 6.34. The molecule has 0 aromatic carbocycles. The minimum atomic E-state index is 0.0430. The molecular weight excluding hydrogens is 178 g/mol. The highest BCUT2D eigenvalue weighted by molar-refractivity contribution is 5.76. The Hall–Kier alpha value is -1.19. The Morgan fingerprint density at radius 3 is 2.71 bits per heavy atom. The van der Waals surface area contributed by atoms with Crippen molar-refractivity contribution in [2.45, 2.75) is 39.5 Å². The van der Waals surface area contributed by atoms with E-state index in [4.69, 9.17) is 5.53 Å². The van der Waals surface area contributed by atoms with Crippen LogP contribution in [0.25, 0.3) is 0 Å². The lowest BCUT2D eigenvalue weighted by Gasteiger charge is -2.03. The van der Waals surface area contributed by atoms with E-state index in [1.165, 1.54) is 0 Å². The summed E-state index contributed by atoms with van der Waals surface area (Å²) in [6.45, 7) is 4.66. The normalized spacial score (nSPS) is 11.1. The second kappa shape index (κ2) is 8.41. The molecular formula is C10H19N3O. The molecule has 0 saturated heterocycles. The molecule has 1 amide bonds. The molecule has 0 fully saturated rings. The van der Waals surface area contributed by atoms with Gasteiger partial charge in [-0.3, -0.25) is 4.79 Å². The average Bonchev–Trinajstić information content (AvgIpc) is 2.20. The quantitative estimate of drug-likeness (QED) is 0.478. The predicted octanol–water partition coefficient (Wildman–Crippen LogP) is 2.62. The Morgan fingerprint density at radius 2 is 2.21 bits per heavy atom. The van der Waals surface area contributed by atoms with E-state index >= 15 is 0 Å². The molecule has 0 radical (unpaired) electrons. The van der Waals surface area contributed by atoms with Crippen LogP contribution in [-0.2, 0) is 4.79 Å². The SMILES string of the molecule is CC=C(CCC(=O)NCCCC)N=N. The van der Waals surface area contributed by atoms with E-state index in [9.17, 15) is 4.79 Å². The molecule has 0 aliphatic carbocycles. The largest absolute Gasteiger partial charge is 0.356 e. The Morgan fingerprint density at radius 1 is 1.50 bits per heavy atom. The van der Waals surface area contributed by atoms with Crippen molar-refractivity contribution in [1.29, 1.82) is 5.53 Å². The highest BCUT2D eigenvalue weighted by Gasteiger charge is 2.01. The van der Waals surface area contributed by atoms with Gasteiger partial charge >= 0.3 is 0 Å². The number of carbonyl (C=O) groups is 1. The summed E-state index contributed by atoms with van der Waals surface area (Å²) < 4.78 is 0. The van der Waals surface area contributed by atoms with Crippen LogP contribution >= 0.6 is 0 Å². The van der Waals surface area contributed by atoms with Crippen molar-refractivity contribution in [1.82, 2.24) is 5.32 Å². The van der Waals surface area contributed by atoms with E-state index in [-0.39, 0.29) is 5.91 Å². The second-order valence-electron chi connectivity index (χ2n) is 3.10. The minimum Gasteiger partial charge on any atom is -0.356 e. The molecule has 0 bridgehead atoms. The third-order valence-corrected chi connectivity index (χ3v) is 1.94. The number of nitrogens with one attached hydrogen (secondary N) is 2. The van der Waals surface area contributed by atoms with Gasteiger partial charge in [-0.25, -0.2) is 5.53 Å². The third-order valence-electron chi connectivity index (χ3n) is 1.94. The molecule has 0 rings (SSSR count). The number of hydrogen-bond donors (Lipinski definition) is 2. The molecule has 80 valence electrons. The molecule has 4 nitrogen and oxygen atoms in total. The Bertz CT molecular complexity index is 211. The molecule has 0 spiro atoms. The standard InChI is InChI=1S/C10H19N3O/c1-3-5-8-12-10(14)7-6-9(4-2)13-11/h4,11H,3,5-8H2,1-2H3,(H,12,14). The van der Waals surface area contributed by atoms with Crippen molar-refractivity contribution in [2.75, 3.05) is 6.54 Å². The van der Waals surface area contributed by atoms with Crippen LogP contribution in [0.4, 0.5) is 0 Å². The maximum Gasteiger partial charge on any atom is 0.220 e. The van der Waals surface area contributed by atoms with Crippen LogP contribution in [-0.4, -0.2) is 12.5 Å². The number of rotatable bonds is 7. The van der Waals surface area contributed by atoms with Gasteiger partial charge in [0, 0.05) is 13.0 Å². The predicted molar refractivity (Wildman–Crippen MR) is 56.1 cm³/mol. The van der Waals surface area contributed by atoms with E-state index in [0.717, 1.165) is 19.4 Å². The Kier molecular flexibility index (Phi) is 7.70. The maximum atomic E-state index is 11.2. The van der Waals surface area contributed by atoms with E-state index in [1.807, 2.05) is 6.92 Å². The molecule has 0 saturated carbocycles. The summed E-state index contributed by atoms with van der Waals surface area (Å²) in [6.07, 6.45) is 4.84. The van der Waals surface area contributed by atoms with Gasteiger partial charge in [0.15, 0.2) is 0 Å². The molecule has 0 aliphatic heterocycles. The fourth-order valence-electron chi connectivity index (χ4n) is 0.999. The lowest BCUT2D eigenvalue weighted by atomic mass is 10.2. The van der Waals surface area contributed by atoms with Crippen molar-refractivity contribution in [3.8, 4) is 0 Å². The molecule has 4 heteroatoms. The van der Waals surface area contributed by atoms with Gasteiger partial charge in [-0.1, -0.05) is 19.4 Å². The monoisotopic (exact) mass is 197 g/mol. The van der Waals surface area contributed by atoms with E-state index < -0.39 is 0 Å². The van der Waals surface area contributed by atoms with Gasteiger partial charge in [0.1, 0.15) is 0 Å². The first-order valence-corrected chi connectivity index (χ1v) is 5.04. The highest BCUT2D eigenvalue weighted by atomic mass is 16.1. The van der Waals surface area contributed by atoms with Crippen molar-refractivity contribution < 1.29 is 4.79 Å². The molecule has 2 N–H and O–H groups in total. The van der Waals surface area contributed by atoms with Crippen molar-refractivity contribution in [2.24, 2.45) is 5.11 Å². The molecule has 0 unspecified atom stereocenters. The molecule has 0 aliphatic rings. The van der Waals surface area contributed by atoms with Crippen LogP contribution < -0.4 is 5.32 Å². The van der Waals surface area contributed by atoms with Crippen LogP contribution in [0, 0.1) is 5.53 Å². The minimum absolute atomic E-state index is 0.0430. The van der Waals surface area contributed by atoms with E-state index in [0.29, 0.717) is 18.5 Å². The lowest BCUT2D eigenvalue weighted by Crippen LogP contribution is -2.23. The zero-order chi connectivity index (χ0) is 10.8. The van der Waals surface area contributed by atoms with Crippen LogP contribution in [0.2, 0.25) is 0 Å². The molecule has 0 atom stereocenters. The fraction of sp³-hybridized carbons (Fsp3) is 0.700. The topological polar surface area (TPSA) is 65.3 Å². The number of hydrogen-bond acceptors (Lipinski definition) is 3. The first-order chi connectivity index (χ1) is 6.74. The molecule has 0 aromatic rings. The van der Waals surface area contributed by atoms with Gasteiger partial charge in [0.25, 0.3) is 0 Å². The molecule has 14 heavy (non-hydrogen) atoms. The smallest absolute Gasteiger partial charge is 0.220 e. The zero-order valence-corrected chi connectivity index (χ0v) is 8.97. The van der Waals surface area contributed by atoms with Gasteiger partial charge in [-0.15, -0.1) is 0 Å². The molecule has 0 aromatic heterocycles. The summed E-state index contributed by atoms with van der Waals surface area (Å²) >= 11 is 0. The molecule has 0 heterocycles. The van der Waals surface area contributed by atoms with Gasteiger partial charge in [0.2, 0.25) is 5.91 Å². The summed E-state index contributed by atoms with van der Waals surface area (Å²) in [5.74, 6) is 0.0430. The zero-order valence-electron chi connectivity index (χ0n) is 8.97. The second-order valence-corrected chi connectivity index (χ2v) is 3.10. The van der Waals surface area contributed by atoms with Crippen LogP contribution in [0.1, 0.15) is 39.5 Å². The Labute approximate surface area is 85.3 Å². The Balaban J connectivity index is 3.58. The van der Waals surface area contributed by atoms with E-state index in [2.05, 4.69) is 17.4 Å². The fourth-order valence-corrected chi connectivity index (χ4v) is 0.999. The summed E-state index contributed by atoms with van der Waals surface area (Å²) in [6, 6.07) is 0. The first-order valence-electron chi connectivity index (χ1n) is 5.04. The summed E-state index contributed by atoms with van der Waals surface area (Å²) in [7, 11) is 0. The number of unbranched alkanes of at least 4 members (excludes halogenated alkanes) is 1. The summed E-state index contributed by atoms with van der Waals surface area (Å²) in [4.78, 5) is 11.2. The average molecular weight is 197 g/mol. The highest BCUT2D eigenvalue weighted by Crippen LogP contribution is 2.05. The first kappa shape index (κ1) is 12.8. The number of nitrogens with zero attached hydrogens (tertiary/aromatic N) is 1. The van der Waals surface area contributed by atoms with Crippen LogP contribution in [0.5, 0.6) is 0 Å². The van der Waals surface area contributed by atoms with Crippen molar-refractivity contribution in [3.05, 3.63) is 11.8 Å². The maximum absolute atomic E-state index is 11.2. The van der Waals surface area contributed by atoms with Crippen LogP contribution in [0.15, 0.2) is 16.9 Å². The van der Waals surface area contributed by atoms with Gasteiger partial charge in [0.05, 0.1) is 5.70 Å². The van der Waals surface area contributed by atoms with Crippen LogP contribution in [0.3, 0.4) is 0 Å². The lowest BCUT2D eigenvalue weighted by molar-refractivity contribution is -0.121. The van der Waals surface area contributed by atoms with Gasteiger partial charge in [-0.05, 0) is 19.8 Å². The number of allylic oxidation sites excluding steroid dienone is 2. The van der Waals surface area contributed by atoms with Crippen molar-refractivity contribution >= 4 is 5.91 Å². The van der Waals surface area contributed by atoms with Crippen molar-refractivity contribution in [3.63, 3.8) is 0 Å².